The maximum atomic E-state index is 6.07. The van der Waals surface area contributed by atoms with Gasteiger partial charge in [-0.15, -0.1) is 0 Å². The zero-order valence-electron chi connectivity index (χ0n) is 8.93. The number of rotatable bonds is 2. The molecule has 0 aliphatic heterocycles. The summed E-state index contributed by atoms with van der Waals surface area (Å²) in [7, 11) is 0. The summed E-state index contributed by atoms with van der Waals surface area (Å²) in [5.41, 5.74) is 3.54. The van der Waals surface area contributed by atoms with Gasteiger partial charge >= 0.3 is 0 Å². The Balaban J connectivity index is 2.08. The molecule has 0 spiro atoms. The number of fused-ring (bicyclic) bond motifs is 1. The van der Waals surface area contributed by atoms with Crippen LogP contribution >= 0.6 is 27.5 Å². The molecule has 0 radical (unpaired) electrons. The highest BCUT2D eigenvalue weighted by atomic mass is 79.9. The quantitative estimate of drug-likeness (QED) is 0.698. The van der Waals surface area contributed by atoms with Gasteiger partial charge in [-0.05, 0) is 45.8 Å². The Morgan fingerprint density at radius 2 is 2.12 bits per heavy atom. The smallest absolute Gasteiger partial charge is 0.0569 e. The van der Waals surface area contributed by atoms with E-state index in [9.17, 15) is 0 Å². The van der Waals surface area contributed by atoms with Gasteiger partial charge in [0.15, 0.2) is 0 Å². The maximum absolute atomic E-state index is 6.07. The number of hydrogen-bond acceptors (Lipinski definition) is 0. The lowest BCUT2D eigenvalue weighted by Crippen LogP contribution is -1.86. The summed E-state index contributed by atoms with van der Waals surface area (Å²) in [5, 5.41) is 1.93. The van der Waals surface area contributed by atoms with Gasteiger partial charge < -0.3 is 9.97 Å². The molecule has 0 atom stereocenters. The highest BCUT2D eigenvalue weighted by Gasteiger charge is 2.08. The molecular weight excluding hydrogens is 300 g/mol. The van der Waals surface area contributed by atoms with Crippen molar-refractivity contribution in [1.29, 1.82) is 0 Å². The summed E-state index contributed by atoms with van der Waals surface area (Å²) in [6.45, 7) is 0. The van der Waals surface area contributed by atoms with Crippen molar-refractivity contribution in [1.82, 2.24) is 9.97 Å². The molecule has 2 aromatic heterocycles. The third kappa shape index (κ3) is 2.01. The van der Waals surface area contributed by atoms with E-state index in [1.54, 1.807) is 0 Å². The molecule has 3 rings (SSSR count). The first-order valence-electron chi connectivity index (χ1n) is 5.31. The first-order chi connectivity index (χ1) is 8.24. The summed E-state index contributed by atoms with van der Waals surface area (Å²) in [4.78, 5) is 6.46. The minimum absolute atomic E-state index is 0.728. The molecule has 0 aliphatic carbocycles. The van der Waals surface area contributed by atoms with Crippen LogP contribution in [0.2, 0.25) is 5.02 Å². The van der Waals surface area contributed by atoms with Crippen LogP contribution in [0.1, 0.15) is 11.3 Å². The van der Waals surface area contributed by atoms with E-state index in [0.29, 0.717) is 0 Å². The minimum Gasteiger partial charge on any atom is -0.365 e. The van der Waals surface area contributed by atoms with E-state index in [2.05, 4.69) is 38.0 Å². The molecule has 0 bridgehead atoms. The lowest BCUT2D eigenvalue weighted by molar-refractivity contribution is 1.12. The van der Waals surface area contributed by atoms with Gasteiger partial charge in [0.2, 0.25) is 0 Å². The molecule has 3 aromatic rings. The van der Waals surface area contributed by atoms with E-state index in [1.807, 2.05) is 24.5 Å². The number of halogens is 2. The fourth-order valence-corrected chi connectivity index (χ4v) is 2.51. The van der Waals surface area contributed by atoms with Gasteiger partial charge in [-0.3, -0.25) is 0 Å². The standard InChI is InChI=1S/C13H10BrClN2/c14-11-5-10-8(4-9-2-1-3-16-9)7-17-13(10)6-12(11)15/h1-3,5-7,16-17H,4H2. The zero-order chi connectivity index (χ0) is 11.8. The molecule has 0 saturated carbocycles. The molecular formula is C13H10BrClN2. The third-order valence-electron chi connectivity index (χ3n) is 2.85. The highest BCUT2D eigenvalue weighted by Crippen LogP contribution is 2.30. The average Bonchev–Trinajstić information content (AvgIpc) is 2.92. The molecule has 2 heterocycles. The Morgan fingerprint density at radius 1 is 1.24 bits per heavy atom. The van der Waals surface area contributed by atoms with Gasteiger partial charge in [0.1, 0.15) is 0 Å². The number of aromatic nitrogens is 2. The van der Waals surface area contributed by atoms with E-state index in [4.69, 9.17) is 11.6 Å². The van der Waals surface area contributed by atoms with Crippen molar-refractivity contribution < 1.29 is 0 Å². The fourth-order valence-electron chi connectivity index (χ4n) is 2.00. The third-order valence-corrected chi connectivity index (χ3v) is 4.05. The molecule has 0 unspecified atom stereocenters. The van der Waals surface area contributed by atoms with Gasteiger partial charge in [-0.25, -0.2) is 0 Å². The van der Waals surface area contributed by atoms with Gasteiger partial charge in [-0.2, -0.15) is 0 Å². The predicted molar refractivity (Wildman–Crippen MR) is 74.6 cm³/mol. The Hall–Kier alpha value is -1.19. The van der Waals surface area contributed by atoms with E-state index in [0.717, 1.165) is 21.4 Å². The Kier molecular flexibility index (Phi) is 2.73. The van der Waals surface area contributed by atoms with E-state index >= 15 is 0 Å². The van der Waals surface area contributed by atoms with Gasteiger partial charge in [-0.1, -0.05) is 11.6 Å². The first kappa shape index (κ1) is 10.9. The summed E-state index contributed by atoms with van der Waals surface area (Å²) in [5.74, 6) is 0. The van der Waals surface area contributed by atoms with Crippen LogP contribution in [0.25, 0.3) is 10.9 Å². The van der Waals surface area contributed by atoms with Crippen molar-refractivity contribution in [2.24, 2.45) is 0 Å². The Labute approximate surface area is 112 Å². The van der Waals surface area contributed by atoms with Crippen LogP contribution in [0.15, 0.2) is 41.1 Å². The lowest BCUT2D eigenvalue weighted by Gasteiger charge is -2.00. The summed E-state index contributed by atoms with van der Waals surface area (Å²) >= 11 is 9.53. The lowest BCUT2D eigenvalue weighted by atomic mass is 10.1. The number of aromatic amines is 2. The molecule has 0 fully saturated rings. The first-order valence-corrected chi connectivity index (χ1v) is 6.48. The van der Waals surface area contributed by atoms with Crippen LogP contribution in [0.5, 0.6) is 0 Å². The van der Waals surface area contributed by atoms with Crippen molar-refractivity contribution in [3.63, 3.8) is 0 Å². The number of hydrogen-bond donors (Lipinski definition) is 2. The van der Waals surface area contributed by atoms with Crippen LogP contribution in [-0.2, 0) is 6.42 Å². The second-order valence-electron chi connectivity index (χ2n) is 4.00. The van der Waals surface area contributed by atoms with Crippen LogP contribution in [0.4, 0.5) is 0 Å². The number of nitrogens with one attached hydrogen (secondary N) is 2. The Morgan fingerprint density at radius 3 is 2.88 bits per heavy atom. The Bertz CT molecular complexity index is 655. The van der Waals surface area contributed by atoms with Gasteiger partial charge in [0.05, 0.1) is 5.02 Å². The van der Waals surface area contributed by atoms with Crippen molar-refractivity contribution in [2.45, 2.75) is 6.42 Å². The van der Waals surface area contributed by atoms with E-state index in [1.165, 1.54) is 16.6 Å². The second kappa shape index (κ2) is 4.24. The van der Waals surface area contributed by atoms with Crippen molar-refractivity contribution in [2.75, 3.05) is 0 Å². The SMILES string of the molecule is Clc1cc2[nH]cc(Cc3ccc[nH]3)c2cc1Br. The predicted octanol–water partition coefficient (Wildman–Crippen LogP) is 4.50. The minimum atomic E-state index is 0.728. The van der Waals surface area contributed by atoms with Crippen molar-refractivity contribution in [3.05, 3.63) is 57.4 Å². The molecule has 17 heavy (non-hydrogen) atoms. The monoisotopic (exact) mass is 308 g/mol. The maximum Gasteiger partial charge on any atom is 0.0569 e. The van der Waals surface area contributed by atoms with Gasteiger partial charge in [0, 0.05) is 39.9 Å². The van der Waals surface area contributed by atoms with Gasteiger partial charge in [0.25, 0.3) is 0 Å². The van der Waals surface area contributed by atoms with Crippen LogP contribution < -0.4 is 0 Å². The van der Waals surface area contributed by atoms with Crippen LogP contribution in [0.3, 0.4) is 0 Å². The highest BCUT2D eigenvalue weighted by molar-refractivity contribution is 9.10. The van der Waals surface area contributed by atoms with E-state index in [-0.39, 0.29) is 0 Å². The van der Waals surface area contributed by atoms with Crippen LogP contribution in [-0.4, -0.2) is 9.97 Å². The molecule has 1 aromatic carbocycles. The summed E-state index contributed by atoms with van der Waals surface area (Å²) in [6.07, 6.45) is 4.87. The molecule has 86 valence electrons. The molecule has 2 N–H and O–H groups in total. The topological polar surface area (TPSA) is 31.6 Å². The molecule has 4 heteroatoms. The molecule has 0 saturated heterocycles. The van der Waals surface area contributed by atoms with Crippen LogP contribution in [0, 0.1) is 0 Å². The largest absolute Gasteiger partial charge is 0.365 e. The molecule has 0 aliphatic rings. The number of benzene rings is 1. The van der Waals surface area contributed by atoms with Crippen molar-refractivity contribution >= 4 is 38.4 Å². The number of H-pyrrole nitrogens is 2. The zero-order valence-corrected chi connectivity index (χ0v) is 11.3. The molecule has 0 amide bonds. The normalized spacial score (nSPS) is 11.2. The average molecular weight is 310 g/mol. The van der Waals surface area contributed by atoms with E-state index < -0.39 is 0 Å². The summed E-state index contributed by atoms with van der Waals surface area (Å²) in [6, 6.07) is 8.10. The summed E-state index contributed by atoms with van der Waals surface area (Å²) < 4.78 is 0.930. The molecule has 2 nitrogen and oxygen atoms in total. The fraction of sp³-hybridized carbons (Fsp3) is 0.0769. The van der Waals surface area contributed by atoms with Crippen molar-refractivity contribution in [3.8, 4) is 0 Å². The second-order valence-corrected chi connectivity index (χ2v) is 5.26.